The maximum atomic E-state index is 10.9. The number of rotatable bonds is 4. The van der Waals surface area contributed by atoms with Crippen molar-refractivity contribution < 1.29 is 19.4 Å². The molecule has 2 aromatic carbocycles. The second kappa shape index (κ2) is 5.77. The predicted molar refractivity (Wildman–Crippen MR) is 81.8 cm³/mol. The zero-order chi connectivity index (χ0) is 15.5. The Morgan fingerprint density at radius 2 is 1.95 bits per heavy atom. The number of benzene rings is 2. The van der Waals surface area contributed by atoms with Gasteiger partial charge < -0.3 is 14.6 Å². The molecule has 0 radical (unpaired) electrons. The van der Waals surface area contributed by atoms with E-state index < -0.39 is 5.97 Å². The van der Waals surface area contributed by atoms with Gasteiger partial charge in [0, 0.05) is 5.56 Å². The zero-order valence-corrected chi connectivity index (χ0v) is 11.9. The molecule has 0 saturated carbocycles. The maximum Gasteiger partial charge on any atom is 0.335 e. The lowest BCUT2D eigenvalue weighted by molar-refractivity contribution is 0.0697. The smallest absolute Gasteiger partial charge is 0.335 e. The van der Waals surface area contributed by atoms with Gasteiger partial charge in [0.2, 0.25) is 6.79 Å². The van der Waals surface area contributed by atoms with Crippen molar-refractivity contribution in [3.63, 3.8) is 0 Å². The highest BCUT2D eigenvalue weighted by Gasteiger charge is 2.14. The Labute approximate surface area is 127 Å². The van der Waals surface area contributed by atoms with E-state index in [1.807, 2.05) is 25.1 Å². The average Bonchev–Trinajstić information content (AvgIpc) is 3.00. The highest BCUT2D eigenvalue weighted by atomic mass is 16.7. The van der Waals surface area contributed by atoms with Gasteiger partial charge in [0.15, 0.2) is 11.5 Å². The van der Waals surface area contributed by atoms with E-state index in [-0.39, 0.29) is 12.4 Å². The van der Waals surface area contributed by atoms with E-state index >= 15 is 0 Å². The standard InChI is InChI=1S/C16H14N2O4/c1-10(11-5-6-14-15(8-11)22-9-21-14)17-18-13-4-2-3-12(7-13)16(19)20/h2-8,18H,9H2,1H3,(H,19,20)/b17-10+. The molecule has 0 fully saturated rings. The molecule has 1 heterocycles. The SMILES string of the molecule is C/C(=N\Nc1cccc(C(=O)O)c1)c1ccc2c(c1)OCO2. The number of carbonyl (C=O) groups is 1. The van der Waals surface area contributed by atoms with Crippen LogP contribution in [0.2, 0.25) is 0 Å². The van der Waals surface area contributed by atoms with Gasteiger partial charge >= 0.3 is 5.97 Å². The van der Waals surface area contributed by atoms with Gasteiger partial charge in [0.1, 0.15) is 0 Å². The highest BCUT2D eigenvalue weighted by Crippen LogP contribution is 2.32. The van der Waals surface area contributed by atoms with E-state index in [4.69, 9.17) is 14.6 Å². The van der Waals surface area contributed by atoms with Crippen molar-refractivity contribution in [1.82, 2.24) is 0 Å². The molecule has 0 spiro atoms. The third-order valence-corrected chi connectivity index (χ3v) is 3.25. The molecule has 0 aliphatic carbocycles. The Balaban J connectivity index is 1.77. The number of hydrogen-bond acceptors (Lipinski definition) is 5. The number of nitrogens with zero attached hydrogens (tertiary/aromatic N) is 1. The number of carboxylic acids is 1. The normalized spacial score (nSPS) is 13.0. The van der Waals surface area contributed by atoms with Crippen LogP contribution in [-0.2, 0) is 0 Å². The monoisotopic (exact) mass is 298 g/mol. The summed E-state index contributed by atoms with van der Waals surface area (Å²) in [5.41, 5.74) is 5.32. The molecule has 1 aliphatic heterocycles. The summed E-state index contributed by atoms with van der Waals surface area (Å²) in [6.45, 7) is 2.08. The lowest BCUT2D eigenvalue weighted by Crippen LogP contribution is -2.01. The highest BCUT2D eigenvalue weighted by molar-refractivity contribution is 5.99. The molecule has 0 atom stereocenters. The molecular weight excluding hydrogens is 284 g/mol. The molecule has 22 heavy (non-hydrogen) atoms. The van der Waals surface area contributed by atoms with Crippen LogP contribution < -0.4 is 14.9 Å². The molecule has 0 saturated heterocycles. The largest absolute Gasteiger partial charge is 0.478 e. The summed E-state index contributed by atoms with van der Waals surface area (Å²) >= 11 is 0. The van der Waals surface area contributed by atoms with Gasteiger partial charge in [-0.1, -0.05) is 6.07 Å². The third-order valence-electron chi connectivity index (χ3n) is 3.25. The van der Waals surface area contributed by atoms with Gasteiger partial charge in [0.05, 0.1) is 17.0 Å². The molecule has 0 bridgehead atoms. The van der Waals surface area contributed by atoms with Crippen LogP contribution in [-0.4, -0.2) is 23.6 Å². The summed E-state index contributed by atoms with van der Waals surface area (Å²) in [4.78, 5) is 10.9. The quantitative estimate of drug-likeness (QED) is 0.670. The first-order valence-electron chi connectivity index (χ1n) is 6.67. The van der Waals surface area contributed by atoms with Crippen LogP contribution in [0.25, 0.3) is 0 Å². The number of aromatic carboxylic acids is 1. The molecule has 1 aliphatic rings. The molecule has 0 amide bonds. The number of hydrazone groups is 1. The fourth-order valence-corrected chi connectivity index (χ4v) is 2.06. The molecular formula is C16H14N2O4. The Bertz CT molecular complexity index is 756. The fourth-order valence-electron chi connectivity index (χ4n) is 2.06. The molecule has 2 N–H and O–H groups in total. The minimum Gasteiger partial charge on any atom is -0.478 e. The van der Waals surface area contributed by atoms with Crippen LogP contribution in [0.15, 0.2) is 47.6 Å². The van der Waals surface area contributed by atoms with Crippen LogP contribution in [0.4, 0.5) is 5.69 Å². The van der Waals surface area contributed by atoms with E-state index in [2.05, 4.69) is 10.5 Å². The van der Waals surface area contributed by atoms with E-state index in [1.165, 1.54) is 12.1 Å². The second-order valence-corrected chi connectivity index (χ2v) is 4.76. The maximum absolute atomic E-state index is 10.9. The lowest BCUT2D eigenvalue weighted by Gasteiger charge is -2.05. The summed E-state index contributed by atoms with van der Waals surface area (Å²) in [6, 6.07) is 12.1. The number of anilines is 1. The van der Waals surface area contributed by atoms with Crippen molar-refractivity contribution in [2.75, 3.05) is 12.2 Å². The van der Waals surface area contributed by atoms with Crippen molar-refractivity contribution in [1.29, 1.82) is 0 Å². The van der Waals surface area contributed by atoms with Crippen molar-refractivity contribution in [3.8, 4) is 11.5 Å². The Kier molecular flexibility index (Phi) is 3.65. The minimum atomic E-state index is -0.972. The topological polar surface area (TPSA) is 80.2 Å². The van der Waals surface area contributed by atoms with Gasteiger partial charge in [-0.15, -0.1) is 0 Å². The molecule has 3 rings (SSSR count). The van der Waals surface area contributed by atoms with Gasteiger partial charge in [-0.05, 0) is 43.3 Å². The molecule has 0 unspecified atom stereocenters. The van der Waals surface area contributed by atoms with Crippen LogP contribution in [0.5, 0.6) is 11.5 Å². The van der Waals surface area contributed by atoms with Gasteiger partial charge in [-0.3, -0.25) is 5.43 Å². The predicted octanol–water partition coefficient (Wildman–Crippen LogP) is 2.95. The van der Waals surface area contributed by atoms with Crippen LogP contribution in [0.1, 0.15) is 22.8 Å². The van der Waals surface area contributed by atoms with Gasteiger partial charge in [0.25, 0.3) is 0 Å². The summed E-state index contributed by atoms with van der Waals surface area (Å²) in [7, 11) is 0. The Morgan fingerprint density at radius 3 is 2.77 bits per heavy atom. The summed E-state index contributed by atoms with van der Waals surface area (Å²) in [5.74, 6) is 0.443. The first kappa shape index (κ1) is 13.9. The van der Waals surface area contributed by atoms with E-state index in [1.54, 1.807) is 12.1 Å². The van der Waals surface area contributed by atoms with Crippen molar-refractivity contribution in [3.05, 3.63) is 53.6 Å². The third kappa shape index (κ3) is 2.85. The number of hydrogen-bond donors (Lipinski definition) is 2. The summed E-state index contributed by atoms with van der Waals surface area (Å²) < 4.78 is 10.6. The Morgan fingerprint density at radius 1 is 1.14 bits per heavy atom. The fraction of sp³-hybridized carbons (Fsp3) is 0.125. The van der Waals surface area contributed by atoms with Crippen LogP contribution in [0.3, 0.4) is 0 Å². The van der Waals surface area contributed by atoms with E-state index in [0.29, 0.717) is 11.4 Å². The van der Waals surface area contributed by atoms with Gasteiger partial charge in [-0.2, -0.15) is 5.10 Å². The van der Waals surface area contributed by atoms with Crippen LogP contribution >= 0.6 is 0 Å². The lowest BCUT2D eigenvalue weighted by atomic mass is 10.1. The van der Waals surface area contributed by atoms with Gasteiger partial charge in [-0.25, -0.2) is 4.79 Å². The number of nitrogens with one attached hydrogen (secondary N) is 1. The zero-order valence-electron chi connectivity index (χ0n) is 11.9. The molecule has 6 heteroatoms. The number of ether oxygens (including phenoxy) is 2. The molecule has 6 nitrogen and oxygen atoms in total. The summed E-state index contributed by atoms with van der Waals surface area (Å²) in [5, 5.41) is 13.2. The average molecular weight is 298 g/mol. The van der Waals surface area contributed by atoms with Crippen LogP contribution in [0, 0.1) is 0 Å². The van der Waals surface area contributed by atoms with E-state index in [0.717, 1.165) is 17.0 Å². The molecule has 0 aromatic heterocycles. The summed E-state index contributed by atoms with van der Waals surface area (Å²) in [6.07, 6.45) is 0. The van der Waals surface area contributed by atoms with Crippen molar-refractivity contribution in [2.45, 2.75) is 6.92 Å². The molecule has 2 aromatic rings. The number of carboxylic acid groups (broad SMARTS) is 1. The minimum absolute atomic E-state index is 0.209. The van der Waals surface area contributed by atoms with Crippen molar-refractivity contribution in [2.24, 2.45) is 5.10 Å². The first-order valence-corrected chi connectivity index (χ1v) is 6.67. The molecule has 112 valence electrons. The second-order valence-electron chi connectivity index (χ2n) is 4.76. The van der Waals surface area contributed by atoms with Crippen molar-refractivity contribution >= 4 is 17.4 Å². The first-order chi connectivity index (χ1) is 10.6. The van der Waals surface area contributed by atoms with E-state index in [9.17, 15) is 4.79 Å². The Hall–Kier alpha value is -3.02. The number of fused-ring (bicyclic) bond motifs is 1.